The lowest BCUT2D eigenvalue weighted by molar-refractivity contribution is -0.162. The van der Waals surface area contributed by atoms with Crippen molar-refractivity contribution in [2.75, 3.05) is 26.2 Å². The minimum atomic E-state index is -4.53. The zero-order chi connectivity index (χ0) is 17.2. The summed E-state index contributed by atoms with van der Waals surface area (Å²) in [6.07, 6.45) is -6.01. The molecule has 9 heteroatoms. The molecular weight excluding hydrogens is 356 g/mol. The van der Waals surface area contributed by atoms with Gasteiger partial charge in [-0.15, -0.1) is 0 Å². The number of piperazine rings is 1. The Bertz CT molecular complexity index is 594. The van der Waals surface area contributed by atoms with Crippen LogP contribution >= 0.6 is 23.2 Å². The monoisotopic (exact) mass is 368 g/mol. The van der Waals surface area contributed by atoms with Gasteiger partial charge in [0.25, 0.3) is 5.91 Å². The predicted molar refractivity (Wildman–Crippen MR) is 79.6 cm³/mol. The topological polar surface area (TPSA) is 40.6 Å². The number of carbonyl (C=O) groups is 2. The number of carbonyl (C=O) groups excluding carboxylic acids is 2. The van der Waals surface area contributed by atoms with Gasteiger partial charge in [-0.1, -0.05) is 23.2 Å². The van der Waals surface area contributed by atoms with Crippen molar-refractivity contribution >= 4 is 35.0 Å². The second kappa shape index (κ2) is 6.97. The van der Waals surface area contributed by atoms with E-state index in [1.807, 2.05) is 0 Å². The van der Waals surface area contributed by atoms with Gasteiger partial charge in [0.15, 0.2) is 0 Å². The maximum atomic E-state index is 12.3. The Labute approximate surface area is 140 Å². The molecule has 1 aromatic carbocycles. The quantitative estimate of drug-likeness (QED) is 0.803. The highest BCUT2D eigenvalue weighted by Gasteiger charge is 2.35. The number of amides is 2. The first-order valence-corrected chi connectivity index (χ1v) is 7.51. The molecule has 1 saturated heterocycles. The summed E-state index contributed by atoms with van der Waals surface area (Å²) < 4.78 is 36.7. The van der Waals surface area contributed by atoms with Gasteiger partial charge < -0.3 is 9.80 Å². The second-order valence-electron chi connectivity index (χ2n) is 5.12. The Balaban J connectivity index is 1.96. The van der Waals surface area contributed by atoms with Crippen molar-refractivity contribution in [3.05, 3.63) is 33.8 Å². The van der Waals surface area contributed by atoms with Gasteiger partial charge >= 0.3 is 6.18 Å². The van der Waals surface area contributed by atoms with Crippen molar-refractivity contribution in [2.45, 2.75) is 12.6 Å². The number of hydrogen-bond donors (Lipinski definition) is 0. The van der Waals surface area contributed by atoms with Crippen LogP contribution < -0.4 is 0 Å². The van der Waals surface area contributed by atoms with Crippen LogP contribution in [0.15, 0.2) is 18.2 Å². The summed E-state index contributed by atoms with van der Waals surface area (Å²) in [5, 5.41) is 0.639. The van der Waals surface area contributed by atoms with Crippen LogP contribution in [0, 0.1) is 0 Å². The van der Waals surface area contributed by atoms with E-state index in [1.54, 1.807) is 0 Å². The van der Waals surface area contributed by atoms with Crippen molar-refractivity contribution in [1.29, 1.82) is 0 Å². The first-order valence-electron chi connectivity index (χ1n) is 6.75. The number of alkyl halides is 3. The van der Waals surface area contributed by atoms with Gasteiger partial charge in [0, 0.05) is 41.8 Å². The molecule has 0 aromatic heterocycles. The van der Waals surface area contributed by atoms with E-state index in [0.29, 0.717) is 15.6 Å². The minimum Gasteiger partial charge on any atom is -0.339 e. The Morgan fingerprint density at radius 2 is 1.43 bits per heavy atom. The fraction of sp³-hybridized carbons (Fsp3) is 0.429. The molecule has 1 fully saturated rings. The maximum absolute atomic E-state index is 12.3. The zero-order valence-electron chi connectivity index (χ0n) is 11.9. The number of halogens is 5. The summed E-state index contributed by atoms with van der Waals surface area (Å²) in [4.78, 5) is 26.4. The third-order valence-electron chi connectivity index (χ3n) is 3.38. The fourth-order valence-electron chi connectivity index (χ4n) is 2.30. The van der Waals surface area contributed by atoms with Gasteiger partial charge in [-0.05, 0) is 18.2 Å². The van der Waals surface area contributed by atoms with Crippen molar-refractivity contribution in [2.24, 2.45) is 0 Å². The average molecular weight is 369 g/mol. The maximum Gasteiger partial charge on any atom is 0.397 e. The first kappa shape index (κ1) is 17.9. The van der Waals surface area contributed by atoms with Crippen LogP contribution in [0.2, 0.25) is 10.0 Å². The molecule has 1 aliphatic heterocycles. The van der Waals surface area contributed by atoms with Crippen LogP contribution in [0.1, 0.15) is 16.8 Å². The molecule has 0 bridgehead atoms. The minimum absolute atomic E-state index is 0.0644. The Morgan fingerprint density at radius 1 is 0.957 bits per heavy atom. The van der Waals surface area contributed by atoms with Crippen LogP contribution in [0.3, 0.4) is 0 Å². The van der Waals surface area contributed by atoms with E-state index in [-0.39, 0.29) is 32.1 Å². The lowest BCUT2D eigenvalue weighted by Gasteiger charge is -2.35. The normalized spacial score (nSPS) is 15.7. The van der Waals surface area contributed by atoms with Crippen LogP contribution in [0.5, 0.6) is 0 Å². The summed E-state index contributed by atoms with van der Waals surface area (Å²) in [7, 11) is 0. The SMILES string of the molecule is O=C(CC(F)(F)F)N1CCN(C(=O)c2cc(Cl)cc(Cl)c2)CC1. The van der Waals surface area contributed by atoms with E-state index >= 15 is 0 Å². The van der Waals surface area contributed by atoms with E-state index in [9.17, 15) is 22.8 Å². The van der Waals surface area contributed by atoms with E-state index in [0.717, 1.165) is 4.90 Å². The third-order valence-corrected chi connectivity index (χ3v) is 3.82. The Kier molecular flexibility index (Phi) is 5.41. The molecule has 2 rings (SSSR count). The molecule has 23 heavy (non-hydrogen) atoms. The van der Waals surface area contributed by atoms with E-state index in [1.165, 1.54) is 23.1 Å². The van der Waals surface area contributed by atoms with Crippen LogP contribution in [0.4, 0.5) is 13.2 Å². The Morgan fingerprint density at radius 3 is 1.91 bits per heavy atom. The van der Waals surface area contributed by atoms with Crippen molar-refractivity contribution in [3.8, 4) is 0 Å². The lowest BCUT2D eigenvalue weighted by atomic mass is 10.1. The van der Waals surface area contributed by atoms with Gasteiger partial charge in [0.05, 0.1) is 0 Å². The molecule has 0 saturated carbocycles. The van der Waals surface area contributed by atoms with Gasteiger partial charge in [-0.3, -0.25) is 9.59 Å². The molecule has 0 spiro atoms. The van der Waals surface area contributed by atoms with Crippen molar-refractivity contribution in [1.82, 2.24) is 9.80 Å². The molecule has 1 heterocycles. The van der Waals surface area contributed by atoms with Gasteiger partial charge in [0.2, 0.25) is 5.91 Å². The largest absolute Gasteiger partial charge is 0.397 e. The standard InChI is InChI=1S/C14H13Cl2F3N2O2/c15-10-5-9(6-11(16)7-10)13(23)21-3-1-20(2-4-21)12(22)8-14(17,18)19/h5-7H,1-4,8H2. The smallest absolute Gasteiger partial charge is 0.339 e. The molecule has 2 amide bonds. The predicted octanol–water partition coefficient (Wildman–Crippen LogP) is 3.23. The molecule has 0 radical (unpaired) electrons. The molecular formula is C14H13Cl2F3N2O2. The molecule has 4 nitrogen and oxygen atoms in total. The number of rotatable bonds is 2. The second-order valence-corrected chi connectivity index (χ2v) is 6.00. The third kappa shape index (κ3) is 5.00. The highest BCUT2D eigenvalue weighted by molar-refractivity contribution is 6.35. The van der Waals surface area contributed by atoms with Gasteiger partial charge in [-0.25, -0.2) is 0 Å². The molecule has 0 N–H and O–H groups in total. The molecule has 126 valence electrons. The lowest BCUT2D eigenvalue weighted by Crippen LogP contribution is -2.51. The molecule has 0 aliphatic carbocycles. The molecule has 1 aromatic rings. The molecule has 1 aliphatic rings. The van der Waals surface area contributed by atoms with Gasteiger partial charge in [-0.2, -0.15) is 13.2 Å². The first-order chi connectivity index (χ1) is 10.7. The highest BCUT2D eigenvalue weighted by Crippen LogP contribution is 2.22. The van der Waals surface area contributed by atoms with Crippen molar-refractivity contribution in [3.63, 3.8) is 0 Å². The number of benzene rings is 1. The Hall–Kier alpha value is -1.47. The molecule has 0 atom stereocenters. The summed E-state index contributed by atoms with van der Waals surface area (Å²) in [6.45, 7) is 0.447. The van der Waals surface area contributed by atoms with Crippen molar-refractivity contribution < 1.29 is 22.8 Å². The van der Waals surface area contributed by atoms with E-state index in [4.69, 9.17) is 23.2 Å². The number of hydrogen-bond acceptors (Lipinski definition) is 2. The average Bonchev–Trinajstić information content (AvgIpc) is 2.44. The van der Waals surface area contributed by atoms with E-state index < -0.39 is 18.5 Å². The summed E-state index contributed by atoms with van der Waals surface area (Å²) in [5.74, 6) is -1.30. The van der Waals surface area contributed by atoms with Gasteiger partial charge in [0.1, 0.15) is 6.42 Å². The van der Waals surface area contributed by atoms with Crippen LogP contribution in [-0.4, -0.2) is 54.0 Å². The highest BCUT2D eigenvalue weighted by atomic mass is 35.5. The zero-order valence-corrected chi connectivity index (χ0v) is 13.4. The number of nitrogens with zero attached hydrogens (tertiary/aromatic N) is 2. The summed E-state index contributed by atoms with van der Waals surface area (Å²) in [6, 6.07) is 4.43. The fourth-order valence-corrected chi connectivity index (χ4v) is 2.83. The summed E-state index contributed by atoms with van der Waals surface area (Å²) in [5.41, 5.74) is 0.303. The molecule has 0 unspecified atom stereocenters. The van der Waals surface area contributed by atoms with E-state index in [2.05, 4.69) is 0 Å². The van der Waals surface area contributed by atoms with Crippen LogP contribution in [-0.2, 0) is 4.79 Å². The van der Waals surface area contributed by atoms with Crippen LogP contribution in [0.25, 0.3) is 0 Å². The summed E-state index contributed by atoms with van der Waals surface area (Å²) >= 11 is 11.7.